The maximum absolute atomic E-state index is 2.48. The summed E-state index contributed by atoms with van der Waals surface area (Å²) in [5.74, 6) is 0. The van der Waals surface area contributed by atoms with Gasteiger partial charge in [-0.2, -0.15) is 0 Å². The van der Waals surface area contributed by atoms with Gasteiger partial charge in [0.05, 0.1) is 0 Å². The Balaban J connectivity index is 1.07. The first kappa shape index (κ1) is 41.9. The molecule has 70 heavy (non-hydrogen) atoms. The van der Waals surface area contributed by atoms with Crippen molar-refractivity contribution in [3.63, 3.8) is 0 Å². The summed E-state index contributed by atoms with van der Waals surface area (Å²) >= 11 is 0. The minimum absolute atomic E-state index is 0.323. The van der Waals surface area contributed by atoms with E-state index in [1.54, 1.807) is 0 Å². The van der Waals surface area contributed by atoms with Crippen molar-refractivity contribution >= 4 is 50.0 Å². The fraction of sp³-hybridized carbons (Fsp3) is 0.118. The third-order valence-corrected chi connectivity index (χ3v) is 15.6. The molecule has 3 aliphatic rings. The highest BCUT2D eigenvalue weighted by atomic mass is 15.1. The number of benzene rings is 10. The van der Waals surface area contributed by atoms with Crippen molar-refractivity contribution in [1.29, 1.82) is 0 Å². The maximum atomic E-state index is 2.48. The number of allylic oxidation sites excluding steroid dienone is 3. The highest BCUT2D eigenvalue weighted by Crippen LogP contribution is 2.60. The maximum Gasteiger partial charge on any atom is 0.0465 e. The monoisotopic (exact) mass is 898 g/mol. The summed E-state index contributed by atoms with van der Waals surface area (Å²) in [5, 5.41) is 5.26. The Morgan fingerprint density at radius 1 is 0.357 bits per heavy atom. The van der Waals surface area contributed by atoms with E-state index in [0.29, 0.717) is 0 Å². The Kier molecular flexibility index (Phi) is 9.72. The third-order valence-electron chi connectivity index (χ3n) is 15.6. The molecule has 0 saturated carbocycles. The Hall–Kier alpha value is -8.20. The molecule has 3 aliphatic carbocycles. The van der Waals surface area contributed by atoms with Crippen LogP contribution in [0.15, 0.2) is 236 Å². The summed E-state index contributed by atoms with van der Waals surface area (Å²) in [4.78, 5) is 4.83. The lowest BCUT2D eigenvalue weighted by Gasteiger charge is -2.31. The van der Waals surface area contributed by atoms with Crippen LogP contribution in [-0.4, -0.2) is 0 Å². The highest BCUT2D eigenvalue weighted by molar-refractivity contribution is 6.26. The van der Waals surface area contributed by atoms with Gasteiger partial charge in [0.1, 0.15) is 0 Å². The largest absolute Gasteiger partial charge is 0.311 e. The molecule has 10 aromatic carbocycles. The smallest absolute Gasteiger partial charge is 0.0465 e. The highest BCUT2D eigenvalue weighted by Gasteiger charge is 2.42. The van der Waals surface area contributed by atoms with E-state index < -0.39 is 0 Å². The molecule has 13 rings (SSSR count). The quantitative estimate of drug-likeness (QED) is 0.140. The van der Waals surface area contributed by atoms with Gasteiger partial charge in [-0.05, 0) is 168 Å². The molecule has 0 spiro atoms. The van der Waals surface area contributed by atoms with E-state index in [1.165, 1.54) is 105 Å². The minimum atomic E-state index is -0.333. The van der Waals surface area contributed by atoms with Crippen molar-refractivity contribution in [2.24, 2.45) is 0 Å². The van der Waals surface area contributed by atoms with Gasteiger partial charge in [0.2, 0.25) is 0 Å². The summed E-state index contributed by atoms with van der Waals surface area (Å²) in [7, 11) is 0. The van der Waals surface area contributed by atoms with Crippen LogP contribution in [0.5, 0.6) is 0 Å². The topological polar surface area (TPSA) is 6.48 Å². The summed E-state index contributed by atoms with van der Waals surface area (Å²) < 4.78 is 0. The van der Waals surface area contributed by atoms with Gasteiger partial charge in [-0.25, -0.2) is 0 Å². The molecule has 0 aliphatic heterocycles. The van der Waals surface area contributed by atoms with E-state index >= 15 is 0 Å². The number of fused-ring (bicyclic) bond motifs is 10. The molecule has 2 heteroatoms. The fourth-order valence-corrected chi connectivity index (χ4v) is 12.5. The second-order valence-electron chi connectivity index (χ2n) is 20.3. The fourth-order valence-electron chi connectivity index (χ4n) is 12.5. The van der Waals surface area contributed by atoms with E-state index in [9.17, 15) is 0 Å². The molecule has 0 aromatic heterocycles. The molecule has 0 saturated heterocycles. The molecule has 0 heterocycles. The normalized spacial score (nSPS) is 14.7. The lowest BCUT2D eigenvalue weighted by atomic mass is 9.73. The van der Waals surface area contributed by atoms with Gasteiger partial charge in [0.25, 0.3) is 0 Å². The number of hydrogen-bond acceptors (Lipinski definition) is 2. The van der Waals surface area contributed by atoms with Crippen molar-refractivity contribution in [1.82, 2.24) is 0 Å². The molecule has 0 unspecified atom stereocenters. The molecular formula is C68H54N2. The lowest BCUT2D eigenvalue weighted by Crippen LogP contribution is -2.19. The molecule has 0 N–H and O–H groups in total. The van der Waals surface area contributed by atoms with Gasteiger partial charge in [0, 0.05) is 45.0 Å². The van der Waals surface area contributed by atoms with Gasteiger partial charge in [-0.1, -0.05) is 192 Å². The molecular weight excluding hydrogens is 845 g/mol. The summed E-state index contributed by atoms with van der Waals surface area (Å²) in [6.07, 6.45) is 9.10. The van der Waals surface area contributed by atoms with Crippen molar-refractivity contribution < 1.29 is 0 Å². The van der Waals surface area contributed by atoms with Crippen LogP contribution in [0.4, 0.5) is 28.4 Å². The van der Waals surface area contributed by atoms with Crippen molar-refractivity contribution in [3.8, 4) is 44.5 Å². The van der Waals surface area contributed by atoms with E-state index in [4.69, 9.17) is 0 Å². The number of nitrogens with zero attached hydrogens (tertiary/aromatic N) is 2. The average molecular weight is 899 g/mol. The summed E-state index contributed by atoms with van der Waals surface area (Å²) in [6, 6.07) is 79.0. The molecule has 10 aromatic rings. The van der Waals surface area contributed by atoms with Crippen LogP contribution in [0, 0.1) is 0 Å². The molecule has 0 radical (unpaired) electrons. The van der Waals surface area contributed by atoms with Gasteiger partial charge >= 0.3 is 0 Å². The van der Waals surface area contributed by atoms with Crippen molar-refractivity contribution in [3.05, 3.63) is 259 Å². The Morgan fingerprint density at radius 3 is 1.16 bits per heavy atom. The number of rotatable bonds is 8. The zero-order chi connectivity index (χ0) is 47.1. The van der Waals surface area contributed by atoms with E-state index in [0.717, 1.165) is 29.9 Å². The van der Waals surface area contributed by atoms with Crippen LogP contribution in [0.25, 0.3) is 66.1 Å². The van der Waals surface area contributed by atoms with Gasteiger partial charge < -0.3 is 9.80 Å². The van der Waals surface area contributed by atoms with Crippen LogP contribution in [0.3, 0.4) is 0 Å². The number of hydrogen-bond donors (Lipinski definition) is 0. The van der Waals surface area contributed by atoms with Crippen LogP contribution in [0.2, 0.25) is 0 Å². The standard InChI is InChI=1S/C68H54N2/c1-67(2)59-43-51(69(47-27-15-7-16-28-47)48-29-17-8-18-30-48)35-37-53(59)55-39-41-57-62(46-25-13-6-14-26-46)64-58(61(63(57)65(55)67)45-23-11-5-12-24-45)42-40-56-54-38-36-52(44-60(54)68(3,4)66(56)64)70(49-31-19-9-20-32-49)50-33-21-10-22-34-50/h5-9,11-21,23-44H,10,22H2,1-4H3. The Bertz CT molecular complexity index is 3700. The summed E-state index contributed by atoms with van der Waals surface area (Å²) in [6.45, 7) is 9.83. The first-order valence-corrected chi connectivity index (χ1v) is 24.9. The summed E-state index contributed by atoms with van der Waals surface area (Å²) in [5.41, 5.74) is 22.2. The SMILES string of the molecule is CC1(C)c2cc(N(C3=CCCC=C3)c3ccccc3)ccc2-c2ccc3c(-c4ccccc4)c4c5c(ccc4c(-c4ccccc4)c3c21)-c1ccc(N(c2ccccc2)c2ccccc2)cc1C5(C)C. The first-order valence-electron chi connectivity index (χ1n) is 24.9. The predicted octanol–water partition coefficient (Wildman–Crippen LogP) is 18.8. The molecule has 0 atom stereocenters. The van der Waals surface area contributed by atoms with E-state index in [2.05, 4.69) is 268 Å². The van der Waals surface area contributed by atoms with Gasteiger partial charge in [0.15, 0.2) is 0 Å². The van der Waals surface area contributed by atoms with Crippen LogP contribution >= 0.6 is 0 Å². The number of anilines is 5. The first-order chi connectivity index (χ1) is 34.3. The van der Waals surface area contributed by atoms with Crippen LogP contribution in [0.1, 0.15) is 62.8 Å². The van der Waals surface area contributed by atoms with Crippen molar-refractivity contribution in [2.75, 3.05) is 9.80 Å². The zero-order valence-electron chi connectivity index (χ0n) is 40.2. The molecule has 0 bridgehead atoms. The molecule has 0 fully saturated rings. The number of para-hydroxylation sites is 3. The zero-order valence-corrected chi connectivity index (χ0v) is 40.2. The molecule has 0 amide bonds. The second-order valence-corrected chi connectivity index (χ2v) is 20.3. The minimum Gasteiger partial charge on any atom is -0.311 e. The average Bonchev–Trinajstić information content (AvgIpc) is 3.78. The molecule has 2 nitrogen and oxygen atoms in total. The Morgan fingerprint density at radius 2 is 0.743 bits per heavy atom. The third kappa shape index (κ3) is 6.40. The second kappa shape index (κ2) is 16.2. The van der Waals surface area contributed by atoms with Gasteiger partial charge in [-0.15, -0.1) is 0 Å². The van der Waals surface area contributed by atoms with E-state index in [1.807, 2.05) is 0 Å². The molecule has 336 valence electrons. The Labute approximate surface area is 412 Å². The van der Waals surface area contributed by atoms with E-state index in [-0.39, 0.29) is 10.8 Å². The van der Waals surface area contributed by atoms with Crippen molar-refractivity contribution in [2.45, 2.75) is 51.4 Å². The van der Waals surface area contributed by atoms with Crippen LogP contribution in [-0.2, 0) is 10.8 Å². The predicted molar refractivity (Wildman–Crippen MR) is 297 cm³/mol. The lowest BCUT2D eigenvalue weighted by molar-refractivity contribution is 0.665. The van der Waals surface area contributed by atoms with Crippen LogP contribution < -0.4 is 9.80 Å². The van der Waals surface area contributed by atoms with Gasteiger partial charge in [-0.3, -0.25) is 0 Å².